The lowest BCUT2D eigenvalue weighted by Crippen LogP contribution is -2.04. The van der Waals surface area contributed by atoms with E-state index >= 15 is 0 Å². The lowest BCUT2D eigenvalue weighted by atomic mass is 10.0. The van der Waals surface area contributed by atoms with Crippen molar-refractivity contribution in [3.8, 4) is 23.0 Å². The number of hydrogen-bond acceptors (Lipinski definition) is 6. The summed E-state index contributed by atoms with van der Waals surface area (Å²) in [6, 6.07) is 19.7. The number of methoxy groups -OCH3 is 3. The molecular formula is C27H30O6. The second-order valence-corrected chi connectivity index (χ2v) is 6.62. The van der Waals surface area contributed by atoms with Gasteiger partial charge in [0.1, 0.15) is 23.0 Å². The maximum absolute atomic E-state index is 12.5. The summed E-state index contributed by atoms with van der Waals surface area (Å²) in [5, 5.41) is 9.13. The predicted molar refractivity (Wildman–Crippen MR) is 130 cm³/mol. The summed E-state index contributed by atoms with van der Waals surface area (Å²) in [4.78, 5) is 12.5. The van der Waals surface area contributed by atoms with Crippen molar-refractivity contribution in [3.63, 3.8) is 0 Å². The van der Waals surface area contributed by atoms with Gasteiger partial charge in [0.05, 0.1) is 33.5 Å². The van der Waals surface area contributed by atoms with Crippen molar-refractivity contribution in [2.75, 3.05) is 21.3 Å². The average Bonchev–Trinajstić information content (AvgIpc) is 2.88. The van der Waals surface area contributed by atoms with Gasteiger partial charge in [-0.2, -0.15) is 0 Å². The van der Waals surface area contributed by atoms with Crippen LogP contribution in [0.2, 0.25) is 0 Å². The first kappa shape index (κ1) is 25.5. The van der Waals surface area contributed by atoms with Gasteiger partial charge in [0.2, 0.25) is 0 Å². The molecule has 6 nitrogen and oxygen atoms in total. The summed E-state index contributed by atoms with van der Waals surface area (Å²) in [5.74, 6) is 2.04. The Morgan fingerprint density at radius 2 is 1.30 bits per heavy atom. The Kier molecular flexibility index (Phi) is 9.99. The van der Waals surface area contributed by atoms with E-state index in [1.165, 1.54) is 7.11 Å². The quantitative estimate of drug-likeness (QED) is 0.268. The summed E-state index contributed by atoms with van der Waals surface area (Å²) >= 11 is 0. The molecule has 0 atom stereocenters. The third-order valence-corrected chi connectivity index (χ3v) is 4.60. The van der Waals surface area contributed by atoms with Crippen LogP contribution >= 0.6 is 0 Å². The van der Waals surface area contributed by atoms with Crippen LogP contribution in [0.3, 0.4) is 0 Å². The molecule has 0 aliphatic rings. The van der Waals surface area contributed by atoms with Crippen molar-refractivity contribution in [2.24, 2.45) is 0 Å². The van der Waals surface area contributed by atoms with Crippen LogP contribution in [0.15, 0.2) is 66.7 Å². The van der Waals surface area contributed by atoms with E-state index in [0.29, 0.717) is 34.1 Å². The molecule has 3 rings (SSSR count). The highest BCUT2D eigenvalue weighted by Crippen LogP contribution is 2.28. The molecule has 0 unspecified atom stereocenters. The van der Waals surface area contributed by atoms with Gasteiger partial charge in [0.25, 0.3) is 0 Å². The zero-order valence-corrected chi connectivity index (χ0v) is 19.6. The summed E-state index contributed by atoms with van der Waals surface area (Å²) < 4.78 is 21.4. The molecule has 0 spiro atoms. The Labute approximate surface area is 195 Å². The van der Waals surface area contributed by atoms with Gasteiger partial charge in [-0.15, -0.1) is 0 Å². The molecule has 3 aromatic rings. The van der Waals surface area contributed by atoms with E-state index in [0.717, 1.165) is 11.1 Å². The molecule has 6 heteroatoms. The summed E-state index contributed by atoms with van der Waals surface area (Å²) in [7, 11) is 4.48. The standard InChI is InChI=1S/C25H24O6.C2H6/c1-28-22-12-18(13-23(15-22)29-2)14-24(25(27)30-3)19-6-10-21(11-7-19)31-20-8-4-17(16-26)5-9-20;1-2/h4-15,26H,16H2,1-3H3;1-2H3/b24-14+;. The zero-order chi connectivity index (χ0) is 24.2. The van der Waals surface area contributed by atoms with Crippen LogP contribution in [0.5, 0.6) is 23.0 Å². The molecule has 0 aliphatic carbocycles. The summed E-state index contributed by atoms with van der Waals surface area (Å²) in [5.41, 5.74) is 2.61. The molecule has 3 aromatic carbocycles. The highest BCUT2D eigenvalue weighted by molar-refractivity contribution is 6.21. The predicted octanol–water partition coefficient (Wildman–Crippen LogP) is 5.73. The van der Waals surface area contributed by atoms with Gasteiger partial charge in [-0.25, -0.2) is 4.79 Å². The molecule has 0 heterocycles. The maximum atomic E-state index is 12.5. The first-order valence-electron chi connectivity index (χ1n) is 10.6. The van der Waals surface area contributed by atoms with Gasteiger partial charge in [-0.3, -0.25) is 0 Å². The van der Waals surface area contributed by atoms with Gasteiger partial charge in [0.15, 0.2) is 0 Å². The largest absolute Gasteiger partial charge is 0.497 e. The number of benzene rings is 3. The Morgan fingerprint density at radius 1 is 0.788 bits per heavy atom. The van der Waals surface area contributed by atoms with Crippen LogP contribution in [-0.4, -0.2) is 32.4 Å². The highest BCUT2D eigenvalue weighted by Gasteiger charge is 2.14. The normalized spacial score (nSPS) is 10.5. The summed E-state index contributed by atoms with van der Waals surface area (Å²) in [6.45, 7) is 3.98. The van der Waals surface area contributed by atoms with Gasteiger partial charge in [-0.05, 0) is 59.2 Å². The maximum Gasteiger partial charge on any atom is 0.338 e. The number of carbonyl (C=O) groups excluding carboxylic acids is 1. The van der Waals surface area contributed by atoms with Crippen molar-refractivity contribution < 1.29 is 28.8 Å². The van der Waals surface area contributed by atoms with Gasteiger partial charge in [-0.1, -0.05) is 38.1 Å². The fourth-order valence-corrected chi connectivity index (χ4v) is 2.95. The molecular weight excluding hydrogens is 420 g/mol. The van der Waals surface area contributed by atoms with E-state index in [1.807, 2.05) is 13.8 Å². The van der Waals surface area contributed by atoms with Gasteiger partial charge >= 0.3 is 5.97 Å². The molecule has 0 saturated heterocycles. The number of rotatable bonds is 8. The summed E-state index contributed by atoms with van der Waals surface area (Å²) in [6.07, 6.45) is 1.72. The number of aliphatic hydroxyl groups excluding tert-OH is 1. The highest BCUT2D eigenvalue weighted by atomic mass is 16.5. The smallest absolute Gasteiger partial charge is 0.338 e. The minimum atomic E-state index is -0.463. The van der Waals surface area contributed by atoms with Crippen molar-refractivity contribution in [3.05, 3.63) is 83.4 Å². The molecule has 0 radical (unpaired) electrons. The minimum absolute atomic E-state index is 0.0171. The molecule has 0 aromatic heterocycles. The van der Waals surface area contributed by atoms with E-state index in [1.54, 1.807) is 87.0 Å². The third kappa shape index (κ3) is 7.12. The van der Waals surface area contributed by atoms with Crippen molar-refractivity contribution in [2.45, 2.75) is 20.5 Å². The number of esters is 1. The molecule has 0 saturated carbocycles. The van der Waals surface area contributed by atoms with Crippen LogP contribution in [0.25, 0.3) is 11.6 Å². The van der Waals surface area contributed by atoms with Crippen molar-refractivity contribution >= 4 is 17.6 Å². The van der Waals surface area contributed by atoms with Crippen LogP contribution in [-0.2, 0) is 16.1 Å². The van der Waals surface area contributed by atoms with Crippen LogP contribution in [0.1, 0.15) is 30.5 Å². The number of ether oxygens (including phenoxy) is 4. The number of carbonyl (C=O) groups is 1. The molecule has 1 N–H and O–H groups in total. The molecule has 0 bridgehead atoms. The van der Waals surface area contributed by atoms with Crippen molar-refractivity contribution in [1.29, 1.82) is 0 Å². The lowest BCUT2D eigenvalue weighted by Gasteiger charge is -2.10. The molecule has 0 amide bonds. The van der Waals surface area contributed by atoms with Crippen LogP contribution < -0.4 is 14.2 Å². The van der Waals surface area contributed by atoms with Crippen LogP contribution in [0, 0.1) is 0 Å². The first-order valence-corrected chi connectivity index (χ1v) is 10.6. The second-order valence-electron chi connectivity index (χ2n) is 6.62. The minimum Gasteiger partial charge on any atom is -0.497 e. The Balaban J connectivity index is 0.00000187. The topological polar surface area (TPSA) is 74.2 Å². The lowest BCUT2D eigenvalue weighted by molar-refractivity contribution is -0.133. The first-order chi connectivity index (χ1) is 16.1. The fraction of sp³-hybridized carbons (Fsp3) is 0.222. The Morgan fingerprint density at radius 3 is 1.76 bits per heavy atom. The zero-order valence-electron chi connectivity index (χ0n) is 19.6. The monoisotopic (exact) mass is 450 g/mol. The van der Waals surface area contributed by atoms with E-state index in [-0.39, 0.29) is 6.61 Å². The van der Waals surface area contributed by atoms with E-state index < -0.39 is 5.97 Å². The molecule has 0 fully saturated rings. The van der Waals surface area contributed by atoms with E-state index in [9.17, 15) is 4.79 Å². The Bertz CT molecular complexity index is 1030. The fourth-order valence-electron chi connectivity index (χ4n) is 2.95. The van der Waals surface area contributed by atoms with Gasteiger partial charge in [0, 0.05) is 6.07 Å². The number of aliphatic hydroxyl groups is 1. The average molecular weight is 451 g/mol. The van der Waals surface area contributed by atoms with Crippen LogP contribution in [0.4, 0.5) is 0 Å². The third-order valence-electron chi connectivity index (χ3n) is 4.60. The molecule has 0 aliphatic heterocycles. The molecule has 33 heavy (non-hydrogen) atoms. The van der Waals surface area contributed by atoms with E-state index in [2.05, 4.69) is 0 Å². The SMILES string of the molecule is CC.COC(=O)/C(=C/c1cc(OC)cc(OC)c1)c1ccc(Oc2ccc(CO)cc2)cc1. The van der Waals surface area contributed by atoms with Gasteiger partial charge < -0.3 is 24.1 Å². The van der Waals surface area contributed by atoms with E-state index in [4.69, 9.17) is 24.1 Å². The molecule has 174 valence electrons. The number of hydrogen-bond donors (Lipinski definition) is 1. The second kappa shape index (κ2) is 12.9. The van der Waals surface area contributed by atoms with Crippen molar-refractivity contribution in [1.82, 2.24) is 0 Å². The Hall–Kier alpha value is -3.77.